The van der Waals surface area contributed by atoms with Crippen molar-refractivity contribution in [2.75, 3.05) is 12.4 Å². The van der Waals surface area contributed by atoms with Crippen molar-refractivity contribution < 1.29 is 9.53 Å². The zero-order chi connectivity index (χ0) is 20.4. The number of rotatable bonds is 9. The van der Waals surface area contributed by atoms with E-state index in [1.165, 1.54) is 18.2 Å². The van der Waals surface area contributed by atoms with Gasteiger partial charge in [-0.25, -0.2) is 0 Å². The highest BCUT2D eigenvalue weighted by Gasteiger charge is 2.13. The molecule has 0 spiro atoms. The highest BCUT2D eigenvalue weighted by atomic mass is 16.5. The number of hydrogen-bond acceptors (Lipinski definition) is 4. The SMILES string of the molecule is CCCCc1ccc(N/C=C(/C#N)C(=O)NC(C)c2ccc(OC)cc2)cc1. The molecule has 0 aromatic heterocycles. The number of aryl methyl sites for hydroxylation is 1. The van der Waals surface area contributed by atoms with E-state index in [0.717, 1.165) is 29.8 Å². The van der Waals surface area contributed by atoms with Crippen molar-refractivity contribution in [2.24, 2.45) is 0 Å². The quantitative estimate of drug-likeness (QED) is 0.489. The van der Waals surface area contributed by atoms with Crippen molar-refractivity contribution in [3.63, 3.8) is 0 Å². The fourth-order valence-corrected chi connectivity index (χ4v) is 2.70. The lowest BCUT2D eigenvalue weighted by Gasteiger charge is -2.14. The van der Waals surface area contributed by atoms with Crippen LogP contribution < -0.4 is 15.4 Å². The number of anilines is 1. The average Bonchev–Trinajstić information content (AvgIpc) is 2.73. The van der Waals surface area contributed by atoms with Gasteiger partial charge in [0.25, 0.3) is 5.91 Å². The van der Waals surface area contributed by atoms with Gasteiger partial charge in [0, 0.05) is 11.9 Å². The lowest BCUT2D eigenvalue weighted by molar-refractivity contribution is -0.117. The molecule has 0 radical (unpaired) electrons. The Morgan fingerprint density at radius 3 is 2.43 bits per heavy atom. The van der Waals surface area contributed by atoms with Crippen LogP contribution in [0.4, 0.5) is 5.69 Å². The fraction of sp³-hybridized carbons (Fsp3) is 0.304. The molecule has 0 aliphatic carbocycles. The Morgan fingerprint density at radius 1 is 1.18 bits per heavy atom. The highest BCUT2D eigenvalue weighted by molar-refractivity contribution is 5.97. The Balaban J connectivity index is 1.96. The number of ether oxygens (including phenoxy) is 1. The summed E-state index contributed by atoms with van der Waals surface area (Å²) in [5.74, 6) is 0.336. The fourth-order valence-electron chi connectivity index (χ4n) is 2.70. The van der Waals surface area contributed by atoms with Gasteiger partial charge in [0.2, 0.25) is 0 Å². The summed E-state index contributed by atoms with van der Waals surface area (Å²) >= 11 is 0. The van der Waals surface area contributed by atoms with Gasteiger partial charge < -0.3 is 15.4 Å². The Hall–Kier alpha value is -3.26. The Kier molecular flexibility index (Phi) is 8.11. The number of amides is 1. The van der Waals surface area contributed by atoms with Gasteiger partial charge in [0.05, 0.1) is 13.2 Å². The molecule has 146 valence electrons. The first-order valence-electron chi connectivity index (χ1n) is 9.48. The van der Waals surface area contributed by atoms with Gasteiger partial charge in [-0.2, -0.15) is 5.26 Å². The summed E-state index contributed by atoms with van der Waals surface area (Å²) in [6, 6.07) is 17.2. The number of carbonyl (C=O) groups is 1. The van der Waals surface area contributed by atoms with Crippen LogP contribution >= 0.6 is 0 Å². The monoisotopic (exact) mass is 377 g/mol. The predicted molar refractivity (Wildman–Crippen MR) is 112 cm³/mol. The summed E-state index contributed by atoms with van der Waals surface area (Å²) < 4.78 is 5.14. The first-order valence-corrected chi connectivity index (χ1v) is 9.48. The molecule has 0 aliphatic rings. The van der Waals surface area contributed by atoms with Crippen LogP contribution in [0.25, 0.3) is 0 Å². The van der Waals surface area contributed by atoms with Crippen molar-refractivity contribution in [3.8, 4) is 11.8 Å². The van der Waals surface area contributed by atoms with Crippen LogP contribution in [0.15, 0.2) is 60.3 Å². The molecule has 2 rings (SSSR count). The minimum absolute atomic E-state index is 0.0235. The summed E-state index contributed by atoms with van der Waals surface area (Å²) in [5.41, 5.74) is 3.07. The van der Waals surface area contributed by atoms with E-state index in [9.17, 15) is 10.1 Å². The third-order valence-electron chi connectivity index (χ3n) is 4.48. The number of hydrogen-bond donors (Lipinski definition) is 2. The molecular weight excluding hydrogens is 350 g/mol. The number of nitrogens with zero attached hydrogens (tertiary/aromatic N) is 1. The normalized spacial score (nSPS) is 12.0. The second-order valence-corrected chi connectivity index (χ2v) is 6.58. The number of unbranched alkanes of at least 4 members (excludes halogenated alkanes) is 1. The minimum Gasteiger partial charge on any atom is -0.497 e. The second kappa shape index (κ2) is 10.8. The number of benzene rings is 2. The minimum atomic E-state index is -0.419. The lowest BCUT2D eigenvalue weighted by Crippen LogP contribution is -2.28. The van der Waals surface area contributed by atoms with E-state index in [1.54, 1.807) is 7.11 Å². The highest BCUT2D eigenvalue weighted by Crippen LogP contribution is 2.18. The molecule has 0 bridgehead atoms. The maximum atomic E-state index is 12.4. The molecule has 0 heterocycles. The maximum Gasteiger partial charge on any atom is 0.263 e. The number of carbonyl (C=O) groups excluding carboxylic acids is 1. The molecule has 2 aromatic carbocycles. The largest absolute Gasteiger partial charge is 0.497 e. The maximum absolute atomic E-state index is 12.4. The van der Waals surface area contributed by atoms with Crippen molar-refractivity contribution in [1.82, 2.24) is 5.32 Å². The lowest BCUT2D eigenvalue weighted by atomic mass is 10.1. The summed E-state index contributed by atoms with van der Waals surface area (Å²) in [5, 5.41) is 15.2. The molecule has 0 saturated heterocycles. The van der Waals surface area contributed by atoms with Gasteiger partial charge >= 0.3 is 0 Å². The van der Waals surface area contributed by atoms with Crippen molar-refractivity contribution in [1.29, 1.82) is 5.26 Å². The Labute approximate surface area is 167 Å². The average molecular weight is 377 g/mol. The van der Waals surface area contributed by atoms with E-state index in [1.807, 2.05) is 49.4 Å². The van der Waals surface area contributed by atoms with Crippen LogP contribution in [-0.4, -0.2) is 13.0 Å². The van der Waals surface area contributed by atoms with Gasteiger partial charge in [0.15, 0.2) is 0 Å². The van der Waals surface area contributed by atoms with Crippen LogP contribution in [0.5, 0.6) is 5.75 Å². The zero-order valence-corrected chi connectivity index (χ0v) is 16.7. The first kappa shape index (κ1) is 21.0. The van der Waals surface area contributed by atoms with Crippen LogP contribution in [0, 0.1) is 11.3 Å². The molecule has 0 saturated carbocycles. The number of nitrogens with one attached hydrogen (secondary N) is 2. The van der Waals surface area contributed by atoms with E-state index < -0.39 is 5.91 Å². The summed E-state index contributed by atoms with van der Waals surface area (Å²) in [6.07, 6.45) is 4.83. The molecule has 1 atom stereocenters. The predicted octanol–water partition coefficient (Wildman–Crippen LogP) is 4.73. The topological polar surface area (TPSA) is 74.2 Å². The molecule has 1 amide bonds. The molecule has 2 N–H and O–H groups in total. The van der Waals surface area contributed by atoms with Gasteiger partial charge in [-0.15, -0.1) is 0 Å². The molecule has 2 aromatic rings. The van der Waals surface area contributed by atoms with E-state index >= 15 is 0 Å². The molecular formula is C23H27N3O2. The second-order valence-electron chi connectivity index (χ2n) is 6.58. The summed E-state index contributed by atoms with van der Waals surface area (Å²) in [7, 11) is 1.61. The van der Waals surface area contributed by atoms with Crippen LogP contribution in [-0.2, 0) is 11.2 Å². The molecule has 0 fully saturated rings. The van der Waals surface area contributed by atoms with Gasteiger partial charge in [-0.05, 0) is 55.2 Å². The van der Waals surface area contributed by atoms with E-state index in [0.29, 0.717) is 0 Å². The van der Waals surface area contributed by atoms with Gasteiger partial charge in [0.1, 0.15) is 17.4 Å². The van der Waals surface area contributed by atoms with E-state index in [-0.39, 0.29) is 11.6 Å². The van der Waals surface area contributed by atoms with E-state index in [2.05, 4.69) is 29.7 Å². The van der Waals surface area contributed by atoms with Crippen molar-refractivity contribution >= 4 is 11.6 Å². The van der Waals surface area contributed by atoms with Crippen LogP contribution in [0.3, 0.4) is 0 Å². The molecule has 5 heteroatoms. The third kappa shape index (κ3) is 6.17. The number of nitriles is 1. The molecule has 1 unspecified atom stereocenters. The molecule has 5 nitrogen and oxygen atoms in total. The summed E-state index contributed by atoms with van der Waals surface area (Å²) in [4.78, 5) is 12.4. The first-order chi connectivity index (χ1) is 13.6. The van der Waals surface area contributed by atoms with Gasteiger partial charge in [-0.3, -0.25) is 4.79 Å². The molecule has 0 aliphatic heterocycles. The Bertz CT molecular complexity index is 834. The molecule has 28 heavy (non-hydrogen) atoms. The standard InChI is InChI=1S/C23H27N3O2/c1-4-5-6-18-7-11-21(12-8-18)25-16-20(15-24)23(27)26-17(2)19-9-13-22(28-3)14-10-19/h7-14,16-17,25H,4-6H2,1-3H3,(H,26,27)/b20-16-. The number of methoxy groups -OCH3 is 1. The zero-order valence-electron chi connectivity index (χ0n) is 16.7. The van der Waals surface area contributed by atoms with Crippen LogP contribution in [0.1, 0.15) is 43.9 Å². The van der Waals surface area contributed by atoms with Crippen molar-refractivity contribution in [2.45, 2.75) is 39.2 Å². The Morgan fingerprint density at radius 2 is 1.86 bits per heavy atom. The van der Waals surface area contributed by atoms with Crippen LogP contribution in [0.2, 0.25) is 0 Å². The van der Waals surface area contributed by atoms with Gasteiger partial charge in [-0.1, -0.05) is 37.6 Å². The summed E-state index contributed by atoms with van der Waals surface area (Å²) in [6.45, 7) is 4.04. The smallest absolute Gasteiger partial charge is 0.263 e. The van der Waals surface area contributed by atoms with Crippen molar-refractivity contribution in [3.05, 3.63) is 71.4 Å². The van der Waals surface area contributed by atoms with E-state index in [4.69, 9.17) is 4.74 Å². The third-order valence-corrected chi connectivity index (χ3v) is 4.48.